The van der Waals surface area contributed by atoms with Gasteiger partial charge >= 0.3 is 40.2 Å². The van der Waals surface area contributed by atoms with Crippen LogP contribution in [0.5, 0.6) is 0 Å². The summed E-state index contributed by atoms with van der Waals surface area (Å²) >= 11 is 0. The van der Waals surface area contributed by atoms with Crippen LogP contribution in [0.25, 0.3) is 0 Å². The van der Waals surface area contributed by atoms with Crippen molar-refractivity contribution in [1.82, 2.24) is 0 Å². The lowest BCUT2D eigenvalue weighted by atomic mass is 10.2. The summed E-state index contributed by atoms with van der Waals surface area (Å²) in [6.45, 7) is 32.8. The fourth-order valence-electron chi connectivity index (χ4n) is 5.37. The number of carboxylic acids is 1. The second-order valence-electron chi connectivity index (χ2n) is 15.1. The van der Waals surface area contributed by atoms with Crippen molar-refractivity contribution >= 4 is 74.0 Å². The molecular weight excluding hydrogens is 629 g/mol. The van der Waals surface area contributed by atoms with Crippen LogP contribution in [0, 0.1) is 5.92 Å². The van der Waals surface area contributed by atoms with Gasteiger partial charge in [-0.1, -0.05) is 20.0 Å². The van der Waals surface area contributed by atoms with Crippen molar-refractivity contribution in [3.8, 4) is 0 Å². The molecule has 0 radical (unpaired) electrons. The molecule has 0 spiro atoms. The highest BCUT2D eigenvalue weighted by Crippen LogP contribution is 2.39. The standard InChI is InChI=1S/C23H60O8Si8/c1-22(23(24)25)20-39(15)29-36(11,12)28-37(13,18-16-34(7,8)26-21-32(2)3)30-38(14,31-39)19-17-35(9,10)27-33(4,5)6/h22,32H,16-21H2,1-15H3,(H,24,25). The molecule has 39 heavy (non-hydrogen) atoms. The van der Waals surface area contributed by atoms with Gasteiger partial charge in [0.25, 0.3) is 0 Å². The molecule has 0 bridgehead atoms. The van der Waals surface area contributed by atoms with Crippen LogP contribution in [0.3, 0.4) is 0 Å². The van der Waals surface area contributed by atoms with E-state index in [9.17, 15) is 9.90 Å². The first kappa shape index (κ1) is 38.0. The minimum absolute atomic E-state index is 0.380. The molecule has 0 aromatic carbocycles. The van der Waals surface area contributed by atoms with Gasteiger partial charge in [-0.15, -0.1) is 0 Å². The fourth-order valence-corrected chi connectivity index (χ4v) is 45.5. The molecule has 1 fully saturated rings. The van der Waals surface area contributed by atoms with E-state index in [4.69, 9.17) is 25.0 Å². The summed E-state index contributed by atoms with van der Waals surface area (Å²) in [6, 6.07) is 3.95. The Morgan fingerprint density at radius 3 is 1.69 bits per heavy atom. The first-order chi connectivity index (χ1) is 17.2. The smallest absolute Gasteiger partial charge is 0.318 e. The second kappa shape index (κ2) is 13.7. The summed E-state index contributed by atoms with van der Waals surface area (Å²) in [7, 11) is -17.4. The molecule has 1 heterocycles. The topological polar surface area (TPSA) is 92.7 Å². The monoisotopic (exact) mass is 688 g/mol. The molecule has 1 aliphatic rings. The zero-order chi connectivity index (χ0) is 30.7. The van der Waals surface area contributed by atoms with Crippen LogP contribution in [0.1, 0.15) is 6.92 Å². The summed E-state index contributed by atoms with van der Waals surface area (Å²) in [5, 5.41) is 9.70. The molecule has 4 atom stereocenters. The molecule has 232 valence electrons. The van der Waals surface area contributed by atoms with Crippen LogP contribution in [0.2, 0.25) is 122 Å². The highest BCUT2D eigenvalue weighted by Gasteiger charge is 2.56. The molecule has 1 N–H and O–H groups in total. The molecule has 1 aliphatic heterocycles. The molecule has 0 amide bonds. The van der Waals surface area contributed by atoms with E-state index in [0.29, 0.717) is 6.04 Å². The van der Waals surface area contributed by atoms with Gasteiger partial charge in [-0.25, -0.2) is 0 Å². The third-order valence-corrected chi connectivity index (χ3v) is 35.3. The van der Waals surface area contributed by atoms with Crippen molar-refractivity contribution in [2.75, 3.05) is 6.23 Å². The minimum Gasteiger partial charge on any atom is -0.481 e. The third kappa shape index (κ3) is 14.8. The van der Waals surface area contributed by atoms with Gasteiger partial charge < -0.3 is 30.1 Å². The first-order valence-corrected chi connectivity index (χ1v) is 37.7. The van der Waals surface area contributed by atoms with Gasteiger partial charge in [0.1, 0.15) is 0 Å². The quantitative estimate of drug-likeness (QED) is 0.195. The Kier molecular flexibility index (Phi) is 13.4. The van der Waals surface area contributed by atoms with Gasteiger partial charge in [-0.3, -0.25) is 4.79 Å². The van der Waals surface area contributed by atoms with Crippen LogP contribution >= 0.6 is 0 Å². The number of carbonyl (C=O) groups is 1. The van der Waals surface area contributed by atoms with Crippen molar-refractivity contribution in [1.29, 1.82) is 0 Å². The van der Waals surface area contributed by atoms with E-state index in [0.717, 1.165) is 30.4 Å². The second-order valence-corrected chi connectivity index (χ2v) is 45.9. The Morgan fingerprint density at radius 2 is 1.23 bits per heavy atom. The van der Waals surface area contributed by atoms with E-state index >= 15 is 0 Å². The average Bonchev–Trinajstić information content (AvgIpc) is 2.65. The van der Waals surface area contributed by atoms with Crippen molar-refractivity contribution in [2.45, 2.75) is 129 Å². The Bertz CT molecular complexity index is 824. The highest BCUT2D eigenvalue weighted by molar-refractivity contribution is 6.94. The van der Waals surface area contributed by atoms with E-state index < -0.39 is 79.9 Å². The van der Waals surface area contributed by atoms with E-state index in [1.54, 1.807) is 6.92 Å². The van der Waals surface area contributed by atoms with Crippen molar-refractivity contribution in [3.63, 3.8) is 0 Å². The maximum atomic E-state index is 11.8. The highest BCUT2D eigenvalue weighted by atomic mass is 28.5. The number of carboxylic acid groups (broad SMARTS) is 1. The van der Waals surface area contributed by atoms with Gasteiger partial charge in [0.2, 0.25) is 0 Å². The summed E-state index contributed by atoms with van der Waals surface area (Å²) in [5.74, 6) is -1.38. The molecule has 1 saturated heterocycles. The van der Waals surface area contributed by atoms with E-state index in [-0.39, 0.29) is 0 Å². The maximum absolute atomic E-state index is 11.8. The molecule has 4 unspecified atom stereocenters. The molecule has 1 rings (SSSR count). The molecule has 0 aliphatic carbocycles. The van der Waals surface area contributed by atoms with E-state index in [1.165, 1.54) is 0 Å². The number of aliphatic carboxylic acids is 1. The summed E-state index contributed by atoms with van der Waals surface area (Å²) in [6.07, 6.45) is 0.917. The molecule has 0 aromatic heterocycles. The summed E-state index contributed by atoms with van der Waals surface area (Å²) < 4.78 is 41.2. The Labute approximate surface area is 248 Å². The predicted molar refractivity (Wildman–Crippen MR) is 182 cm³/mol. The largest absolute Gasteiger partial charge is 0.481 e. The zero-order valence-corrected chi connectivity index (χ0v) is 35.9. The van der Waals surface area contributed by atoms with Gasteiger partial charge in [-0.2, -0.15) is 0 Å². The van der Waals surface area contributed by atoms with Crippen molar-refractivity contribution < 1.29 is 34.9 Å². The van der Waals surface area contributed by atoms with E-state index in [2.05, 4.69) is 85.1 Å². The SMILES string of the molecule is CC(C[Si]1(C)O[Si](C)(C)O[Si](C)(CC[Si](C)(C)OC[SiH](C)C)O[Si](C)(CC[Si](C)(C)O[Si](C)(C)C)O1)C(=O)O. The summed E-state index contributed by atoms with van der Waals surface area (Å²) in [4.78, 5) is 11.8. The zero-order valence-electron chi connectivity index (χ0n) is 27.7. The van der Waals surface area contributed by atoms with Gasteiger partial charge in [0.15, 0.2) is 25.0 Å². The number of hydrogen-bond acceptors (Lipinski definition) is 7. The summed E-state index contributed by atoms with van der Waals surface area (Å²) in [5.41, 5.74) is 0. The molecule has 0 saturated carbocycles. The van der Waals surface area contributed by atoms with Crippen LogP contribution in [0.15, 0.2) is 0 Å². The predicted octanol–water partition coefficient (Wildman–Crippen LogP) is 7.01. The lowest BCUT2D eigenvalue weighted by Crippen LogP contribution is -2.67. The Balaban J connectivity index is 3.35. The van der Waals surface area contributed by atoms with Crippen LogP contribution in [-0.4, -0.2) is 85.3 Å². The van der Waals surface area contributed by atoms with Gasteiger partial charge in [0, 0.05) is 12.3 Å². The fraction of sp³-hybridized carbons (Fsp3) is 0.957. The molecule has 16 heteroatoms. The average molecular weight is 689 g/mol. The molecular formula is C23H60O8Si8. The van der Waals surface area contributed by atoms with Crippen molar-refractivity contribution in [2.24, 2.45) is 5.92 Å². The van der Waals surface area contributed by atoms with E-state index in [1.807, 2.05) is 6.55 Å². The normalized spacial score (nSPS) is 29.6. The third-order valence-electron chi connectivity index (χ3n) is 6.64. The van der Waals surface area contributed by atoms with Gasteiger partial charge in [-0.05, 0) is 103 Å². The maximum Gasteiger partial charge on any atom is 0.318 e. The molecule has 8 nitrogen and oxygen atoms in total. The number of rotatable bonds is 14. The first-order valence-electron chi connectivity index (χ1n) is 14.6. The van der Waals surface area contributed by atoms with Crippen LogP contribution < -0.4 is 0 Å². The van der Waals surface area contributed by atoms with Crippen molar-refractivity contribution in [3.05, 3.63) is 0 Å². The lowest BCUT2D eigenvalue weighted by Gasteiger charge is -2.50. The minimum atomic E-state index is -2.92. The van der Waals surface area contributed by atoms with Gasteiger partial charge in [0.05, 0.1) is 14.7 Å². The van der Waals surface area contributed by atoms with Crippen LogP contribution in [0.4, 0.5) is 0 Å². The number of hydrogen-bond donors (Lipinski definition) is 1. The molecule has 0 aromatic rings. The van der Waals surface area contributed by atoms with Crippen LogP contribution in [-0.2, 0) is 29.8 Å². The Morgan fingerprint density at radius 1 is 0.795 bits per heavy atom. The Hall–Kier alpha value is 0.965. The lowest BCUT2D eigenvalue weighted by molar-refractivity contribution is -0.140.